The number of fused-ring (bicyclic) bond motifs is 1. The minimum atomic E-state index is -0.302. The van der Waals surface area contributed by atoms with Gasteiger partial charge in [0.05, 0.1) is 11.2 Å². The van der Waals surface area contributed by atoms with E-state index in [0.717, 1.165) is 42.3 Å². The molecule has 4 rings (SSSR count). The van der Waals surface area contributed by atoms with Crippen molar-refractivity contribution in [3.8, 4) is 0 Å². The topological polar surface area (TPSA) is 51.7 Å². The van der Waals surface area contributed by atoms with E-state index in [0.29, 0.717) is 5.82 Å². The first kappa shape index (κ1) is 18.4. The Kier molecular flexibility index (Phi) is 4.51. The Hall–Kier alpha value is -1.92. The lowest BCUT2D eigenvalue weighted by atomic mass is 9.66. The van der Waals surface area contributed by atoms with Crippen molar-refractivity contribution in [3.63, 3.8) is 0 Å². The van der Waals surface area contributed by atoms with Crippen molar-refractivity contribution in [3.05, 3.63) is 42.2 Å². The highest BCUT2D eigenvalue weighted by molar-refractivity contribution is 6.47. The third-order valence-corrected chi connectivity index (χ3v) is 6.37. The van der Waals surface area contributed by atoms with E-state index in [1.165, 1.54) is 0 Å². The van der Waals surface area contributed by atoms with Crippen molar-refractivity contribution in [2.45, 2.75) is 57.6 Å². The van der Waals surface area contributed by atoms with E-state index in [1.54, 1.807) is 12.4 Å². The third kappa shape index (κ3) is 3.36. The molecule has 3 heterocycles. The molecule has 5 nitrogen and oxygen atoms in total. The molecule has 27 heavy (non-hydrogen) atoms. The smallest absolute Gasteiger partial charge is 0.403 e. The molecular formula is C21H27BN2O3. The molecule has 0 aliphatic carbocycles. The van der Waals surface area contributed by atoms with E-state index >= 15 is 0 Å². The molecule has 2 fully saturated rings. The first-order valence-electron chi connectivity index (χ1n) is 9.75. The van der Waals surface area contributed by atoms with Crippen LogP contribution in [0.5, 0.6) is 0 Å². The van der Waals surface area contributed by atoms with Crippen LogP contribution in [0.1, 0.15) is 50.9 Å². The maximum Gasteiger partial charge on any atom is 0.461 e. The van der Waals surface area contributed by atoms with Crippen LogP contribution in [0.3, 0.4) is 0 Å². The van der Waals surface area contributed by atoms with Crippen LogP contribution in [0, 0.1) is 0 Å². The predicted molar refractivity (Wildman–Crippen MR) is 107 cm³/mol. The Morgan fingerprint density at radius 1 is 1.07 bits per heavy atom. The molecule has 142 valence electrons. The molecule has 0 bridgehead atoms. The number of amides is 1. The van der Waals surface area contributed by atoms with E-state index in [1.807, 2.05) is 29.2 Å². The molecule has 6 heteroatoms. The minimum absolute atomic E-state index is 0.0909. The van der Waals surface area contributed by atoms with Gasteiger partial charge in [0.15, 0.2) is 0 Å². The van der Waals surface area contributed by atoms with Gasteiger partial charge in [-0.25, -0.2) is 0 Å². The van der Waals surface area contributed by atoms with Gasteiger partial charge < -0.3 is 14.2 Å². The second kappa shape index (κ2) is 6.60. The molecule has 0 saturated carbocycles. The molecule has 0 unspecified atom stereocenters. The molecule has 0 atom stereocenters. The molecule has 0 radical (unpaired) electrons. The molecule has 0 N–H and O–H groups in total. The summed E-state index contributed by atoms with van der Waals surface area (Å²) in [5.41, 5.74) is 0.123. The summed E-state index contributed by atoms with van der Waals surface area (Å²) in [6, 6.07) is 7.79. The van der Waals surface area contributed by atoms with Crippen molar-refractivity contribution in [1.82, 2.24) is 9.88 Å². The number of benzene rings is 1. The standard InChI is InChI=1S/C21H27BN2O3/c1-20(2)21(3,4)27-22(26-20)18-8-11-24(12-9-18)19(25)16-6-5-15-7-10-23-14-17(15)13-16/h5-7,10,13-14,18H,8-9,11-12H2,1-4H3. The summed E-state index contributed by atoms with van der Waals surface area (Å²) in [7, 11) is -0.181. The van der Waals surface area contributed by atoms with Gasteiger partial charge >= 0.3 is 7.12 Å². The number of nitrogens with zero attached hydrogens (tertiary/aromatic N) is 2. The van der Waals surface area contributed by atoms with Crippen LogP contribution in [0.15, 0.2) is 36.7 Å². The number of rotatable bonds is 2. The fraction of sp³-hybridized carbons (Fsp3) is 0.524. The first-order valence-corrected chi connectivity index (χ1v) is 9.75. The minimum Gasteiger partial charge on any atom is -0.403 e. The number of likely N-dealkylation sites (tertiary alicyclic amines) is 1. The second-order valence-electron chi connectivity index (χ2n) is 8.69. The normalized spacial score (nSPS) is 22.4. The summed E-state index contributed by atoms with van der Waals surface area (Å²) >= 11 is 0. The van der Waals surface area contributed by atoms with E-state index in [4.69, 9.17) is 9.31 Å². The maximum atomic E-state index is 12.9. The lowest BCUT2D eigenvalue weighted by molar-refractivity contribution is 0.00578. The Bertz CT molecular complexity index is 843. The van der Waals surface area contributed by atoms with Crippen LogP contribution in [-0.2, 0) is 9.31 Å². The Morgan fingerprint density at radius 2 is 1.74 bits per heavy atom. The fourth-order valence-corrected chi connectivity index (χ4v) is 3.86. The largest absolute Gasteiger partial charge is 0.461 e. The lowest BCUT2D eigenvalue weighted by Gasteiger charge is -2.33. The van der Waals surface area contributed by atoms with Crippen LogP contribution < -0.4 is 0 Å². The third-order valence-electron chi connectivity index (χ3n) is 6.37. The van der Waals surface area contributed by atoms with Crippen LogP contribution >= 0.6 is 0 Å². The number of hydrogen-bond acceptors (Lipinski definition) is 4. The molecule has 2 saturated heterocycles. The van der Waals surface area contributed by atoms with E-state index < -0.39 is 0 Å². The van der Waals surface area contributed by atoms with Crippen LogP contribution in [0.4, 0.5) is 0 Å². The number of carbonyl (C=O) groups excluding carboxylic acids is 1. The van der Waals surface area contributed by atoms with Gasteiger partial charge in [0.2, 0.25) is 0 Å². The summed E-state index contributed by atoms with van der Waals surface area (Å²) < 4.78 is 12.4. The zero-order valence-corrected chi connectivity index (χ0v) is 16.6. The Morgan fingerprint density at radius 3 is 2.41 bits per heavy atom. The first-order chi connectivity index (χ1) is 12.8. The fourth-order valence-electron chi connectivity index (χ4n) is 3.86. The number of aromatic nitrogens is 1. The monoisotopic (exact) mass is 366 g/mol. The van der Waals surface area contributed by atoms with Crippen LogP contribution in [-0.4, -0.2) is 47.2 Å². The van der Waals surface area contributed by atoms with Crippen LogP contribution in [0.25, 0.3) is 10.8 Å². The van der Waals surface area contributed by atoms with Crippen molar-refractivity contribution >= 4 is 23.8 Å². The van der Waals surface area contributed by atoms with Gasteiger partial charge in [-0.2, -0.15) is 0 Å². The molecule has 2 aliphatic heterocycles. The molecular weight excluding hydrogens is 339 g/mol. The number of piperidine rings is 1. The number of carbonyl (C=O) groups is 1. The molecule has 1 amide bonds. The summed E-state index contributed by atoms with van der Waals surface area (Å²) in [6.45, 7) is 9.80. The average molecular weight is 366 g/mol. The van der Waals surface area contributed by atoms with Gasteiger partial charge in [-0.15, -0.1) is 0 Å². The van der Waals surface area contributed by atoms with Crippen molar-refractivity contribution in [2.75, 3.05) is 13.1 Å². The molecule has 0 spiro atoms. The quantitative estimate of drug-likeness (QED) is 0.756. The van der Waals surface area contributed by atoms with Crippen molar-refractivity contribution in [2.24, 2.45) is 0 Å². The summed E-state index contributed by atoms with van der Waals surface area (Å²) in [5, 5.41) is 2.09. The van der Waals surface area contributed by atoms with Gasteiger partial charge in [0, 0.05) is 36.4 Å². The van der Waals surface area contributed by atoms with Gasteiger partial charge in [-0.05, 0) is 69.9 Å². The van der Waals surface area contributed by atoms with E-state index in [-0.39, 0.29) is 24.2 Å². The molecule has 2 aliphatic rings. The SMILES string of the molecule is CC1(C)OB(C2CCN(C(=O)c3ccc4ccncc4c3)CC2)OC1(C)C. The molecule has 1 aromatic heterocycles. The zero-order valence-electron chi connectivity index (χ0n) is 16.6. The number of pyridine rings is 1. The maximum absolute atomic E-state index is 12.9. The second-order valence-corrected chi connectivity index (χ2v) is 8.69. The summed E-state index contributed by atoms with van der Waals surface area (Å²) in [6.07, 6.45) is 5.37. The number of hydrogen-bond donors (Lipinski definition) is 0. The van der Waals surface area contributed by atoms with Gasteiger partial charge in [-0.1, -0.05) is 6.07 Å². The highest BCUT2D eigenvalue weighted by Gasteiger charge is 2.53. The van der Waals surface area contributed by atoms with Gasteiger partial charge in [-0.3, -0.25) is 9.78 Å². The predicted octanol–water partition coefficient (Wildman–Crippen LogP) is 3.93. The van der Waals surface area contributed by atoms with Gasteiger partial charge in [0.1, 0.15) is 0 Å². The lowest BCUT2D eigenvalue weighted by Crippen LogP contribution is -2.41. The summed E-state index contributed by atoms with van der Waals surface area (Å²) in [4.78, 5) is 19.0. The highest BCUT2D eigenvalue weighted by atomic mass is 16.7. The van der Waals surface area contributed by atoms with E-state index in [2.05, 4.69) is 32.7 Å². The van der Waals surface area contributed by atoms with Crippen molar-refractivity contribution < 1.29 is 14.1 Å². The van der Waals surface area contributed by atoms with Crippen molar-refractivity contribution in [1.29, 1.82) is 0 Å². The Balaban J connectivity index is 1.41. The molecule has 1 aromatic carbocycles. The average Bonchev–Trinajstić information content (AvgIpc) is 2.88. The highest BCUT2D eigenvalue weighted by Crippen LogP contribution is 2.42. The van der Waals surface area contributed by atoms with E-state index in [9.17, 15) is 4.79 Å². The van der Waals surface area contributed by atoms with Gasteiger partial charge in [0.25, 0.3) is 5.91 Å². The zero-order chi connectivity index (χ0) is 19.2. The van der Waals surface area contributed by atoms with Crippen LogP contribution in [0.2, 0.25) is 5.82 Å². The molecule has 2 aromatic rings. The Labute approximate surface area is 161 Å². The summed E-state index contributed by atoms with van der Waals surface area (Å²) in [5.74, 6) is 0.420.